The van der Waals surface area contributed by atoms with E-state index in [1.807, 2.05) is 6.07 Å². The molecule has 134 valence electrons. The zero-order chi connectivity index (χ0) is 19.2. The Morgan fingerprint density at radius 2 is 2.04 bits per heavy atom. The van der Waals surface area contributed by atoms with Crippen molar-refractivity contribution in [1.82, 2.24) is 14.8 Å². The van der Waals surface area contributed by atoms with E-state index in [1.54, 1.807) is 47.0 Å². The number of halogens is 1. The molecule has 1 aromatic heterocycles. The quantitative estimate of drug-likeness (QED) is 0.351. The van der Waals surface area contributed by atoms with E-state index in [9.17, 15) is 9.18 Å². The Morgan fingerprint density at radius 1 is 1.26 bits per heavy atom. The van der Waals surface area contributed by atoms with Crippen molar-refractivity contribution in [2.24, 2.45) is 0 Å². The number of rotatable bonds is 7. The molecule has 0 aliphatic carbocycles. The smallest absolute Gasteiger partial charge is 0.192 e. The molecule has 5 nitrogen and oxygen atoms in total. The number of thioether (sulfide) groups is 1. The molecular formula is C20H15FN4OS. The highest BCUT2D eigenvalue weighted by molar-refractivity contribution is 7.99. The highest BCUT2D eigenvalue weighted by Gasteiger charge is 2.16. The van der Waals surface area contributed by atoms with Crippen molar-refractivity contribution in [2.45, 2.75) is 11.7 Å². The first kappa shape index (κ1) is 18.5. The molecule has 7 heteroatoms. The topological polar surface area (TPSA) is 71.6 Å². The van der Waals surface area contributed by atoms with Gasteiger partial charge >= 0.3 is 0 Å². The largest absolute Gasteiger partial charge is 0.298 e. The van der Waals surface area contributed by atoms with Gasteiger partial charge in [0.05, 0.1) is 17.4 Å². The Labute approximate surface area is 160 Å². The van der Waals surface area contributed by atoms with Crippen LogP contribution in [0.4, 0.5) is 4.39 Å². The van der Waals surface area contributed by atoms with Gasteiger partial charge in [-0.05, 0) is 24.3 Å². The lowest BCUT2D eigenvalue weighted by atomic mass is 10.1. The standard InChI is InChI=1S/C20H15FN4OS/c1-2-10-25-19(16-4-3-5-17(21)11-16)23-24-20(25)27-13-18(26)15-8-6-14(12-22)7-9-15/h2-9,11H,1,10,13H2. The third kappa shape index (κ3) is 4.30. The molecule has 0 spiro atoms. The van der Waals surface area contributed by atoms with E-state index in [0.29, 0.717) is 34.2 Å². The molecule has 3 rings (SSSR count). The second kappa shape index (κ2) is 8.43. The third-order valence-electron chi connectivity index (χ3n) is 3.78. The number of hydrogen-bond acceptors (Lipinski definition) is 5. The van der Waals surface area contributed by atoms with Gasteiger partial charge in [-0.3, -0.25) is 9.36 Å². The van der Waals surface area contributed by atoms with Crippen LogP contribution in [0.1, 0.15) is 15.9 Å². The summed E-state index contributed by atoms with van der Waals surface area (Å²) in [6.07, 6.45) is 1.69. The third-order valence-corrected chi connectivity index (χ3v) is 4.75. The lowest BCUT2D eigenvalue weighted by Crippen LogP contribution is -2.05. The summed E-state index contributed by atoms with van der Waals surface area (Å²) in [5.41, 5.74) is 1.64. The van der Waals surface area contributed by atoms with Crippen LogP contribution in [0.25, 0.3) is 11.4 Å². The van der Waals surface area contributed by atoms with Gasteiger partial charge in [-0.1, -0.05) is 42.1 Å². The molecular weight excluding hydrogens is 363 g/mol. The predicted octanol–water partition coefficient (Wildman–Crippen LogP) is 4.12. The average Bonchev–Trinajstić information content (AvgIpc) is 3.09. The number of hydrogen-bond donors (Lipinski definition) is 0. The van der Waals surface area contributed by atoms with Gasteiger partial charge in [0.15, 0.2) is 16.8 Å². The summed E-state index contributed by atoms with van der Waals surface area (Å²) >= 11 is 1.25. The number of nitriles is 1. The molecule has 0 aliphatic heterocycles. The fourth-order valence-corrected chi connectivity index (χ4v) is 3.32. The number of carbonyl (C=O) groups is 1. The molecule has 1 heterocycles. The fraction of sp³-hybridized carbons (Fsp3) is 0.100. The van der Waals surface area contributed by atoms with Crippen LogP contribution in [0.3, 0.4) is 0 Å². The summed E-state index contributed by atoms with van der Waals surface area (Å²) in [5.74, 6) is 0.253. The Hall–Kier alpha value is -3.24. The molecule has 0 unspecified atom stereocenters. The van der Waals surface area contributed by atoms with Crippen LogP contribution < -0.4 is 0 Å². The van der Waals surface area contributed by atoms with Crippen LogP contribution in [0, 0.1) is 17.1 Å². The Balaban J connectivity index is 1.79. The molecule has 0 amide bonds. The number of nitrogens with zero attached hydrogens (tertiary/aromatic N) is 4. The van der Waals surface area contributed by atoms with Crippen LogP contribution >= 0.6 is 11.8 Å². The first-order chi connectivity index (χ1) is 13.1. The van der Waals surface area contributed by atoms with Gasteiger partial charge in [-0.15, -0.1) is 16.8 Å². The van der Waals surface area contributed by atoms with E-state index < -0.39 is 0 Å². The number of ketones is 1. The highest BCUT2D eigenvalue weighted by atomic mass is 32.2. The summed E-state index contributed by atoms with van der Waals surface area (Å²) in [4.78, 5) is 12.4. The second-order valence-electron chi connectivity index (χ2n) is 5.62. The van der Waals surface area contributed by atoms with Crippen LogP contribution in [-0.2, 0) is 6.54 Å². The number of Topliss-reactive ketones (excluding diaryl/α,β-unsaturated/α-hetero) is 1. The lowest BCUT2D eigenvalue weighted by Gasteiger charge is -2.07. The molecule has 27 heavy (non-hydrogen) atoms. The van der Waals surface area contributed by atoms with Crippen molar-refractivity contribution < 1.29 is 9.18 Å². The molecule has 0 saturated heterocycles. The molecule has 0 aliphatic rings. The maximum Gasteiger partial charge on any atom is 0.192 e. The molecule has 0 fully saturated rings. The summed E-state index contributed by atoms with van der Waals surface area (Å²) < 4.78 is 15.3. The zero-order valence-corrected chi connectivity index (χ0v) is 15.1. The van der Waals surface area contributed by atoms with Gasteiger partial charge < -0.3 is 0 Å². The summed E-state index contributed by atoms with van der Waals surface area (Å²) in [7, 11) is 0. The van der Waals surface area contributed by atoms with Crippen LogP contribution in [0.2, 0.25) is 0 Å². The van der Waals surface area contributed by atoms with Crippen molar-refractivity contribution in [1.29, 1.82) is 5.26 Å². The molecule has 0 radical (unpaired) electrons. The van der Waals surface area contributed by atoms with E-state index in [4.69, 9.17) is 5.26 Å². The highest BCUT2D eigenvalue weighted by Crippen LogP contribution is 2.25. The second-order valence-corrected chi connectivity index (χ2v) is 6.56. The van der Waals surface area contributed by atoms with Crippen LogP contribution in [-0.4, -0.2) is 26.3 Å². The minimum atomic E-state index is -0.356. The minimum absolute atomic E-state index is 0.0788. The van der Waals surface area contributed by atoms with Gasteiger partial charge in [0, 0.05) is 17.7 Å². The molecule has 3 aromatic rings. The van der Waals surface area contributed by atoms with Gasteiger partial charge in [0.25, 0.3) is 0 Å². The first-order valence-electron chi connectivity index (χ1n) is 8.08. The molecule has 0 N–H and O–H groups in total. The van der Waals surface area contributed by atoms with E-state index in [0.717, 1.165) is 0 Å². The van der Waals surface area contributed by atoms with Crippen LogP contribution in [0.15, 0.2) is 66.3 Å². The van der Waals surface area contributed by atoms with Crippen molar-refractivity contribution >= 4 is 17.5 Å². The Bertz CT molecular complexity index is 1020. The zero-order valence-electron chi connectivity index (χ0n) is 14.3. The minimum Gasteiger partial charge on any atom is -0.298 e. The van der Waals surface area contributed by atoms with Crippen molar-refractivity contribution in [3.63, 3.8) is 0 Å². The maximum absolute atomic E-state index is 13.5. The van der Waals surface area contributed by atoms with E-state index >= 15 is 0 Å². The van der Waals surface area contributed by atoms with Gasteiger partial charge in [0.2, 0.25) is 0 Å². The monoisotopic (exact) mass is 378 g/mol. The molecule has 0 saturated carbocycles. The average molecular weight is 378 g/mol. The molecule has 0 atom stereocenters. The fourth-order valence-electron chi connectivity index (χ4n) is 2.47. The maximum atomic E-state index is 13.5. The van der Waals surface area contributed by atoms with Gasteiger partial charge in [-0.25, -0.2) is 4.39 Å². The normalized spacial score (nSPS) is 10.4. The van der Waals surface area contributed by atoms with Crippen LogP contribution in [0.5, 0.6) is 0 Å². The van der Waals surface area contributed by atoms with E-state index in [1.165, 1.54) is 23.9 Å². The Morgan fingerprint density at radius 3 is 2.70 bits per heavy atom. The van der Waals surface area contributed by atoms with Gasteiger partial charge in [-0.2, -0.15) is 5.26 Å². The van der Waals surface area contributed by atoms with Crippen molar-refractivity contribution in [3.05, 3.63) is 78.1 Å². The predicted molar refractivity (Wildman–Crippen MR) is 102 cm³/mol. The number of carbonyl (C=O) groups excluding carboxylic acids is 1. The molecule has 2 aromatic carbocycles. The van der Waals surface area contributed by atoms with Gasteiger partial charge in [0.1, 0.15) is 5.82 Å². The van der Waals surface area contributed by atoms with E-state index in [-0.39, 0.29) is 17.4 Å². The van der Waals surface area contributed by atoms with Crippen molar-refractivity contribution in [2.75, 3.05) is 5.75 Å². The SMILES string of the molecule is C=CCn1c(SCC(=O)c2ccc(C#N)cc2)nnc1-c1cccc(F)c1. The van der Waals surface area contributed by atoms with E-state index in [2.05, 4.69) is 16.8 Å². The summed E-state index contributed by atoms with van der Waals surface area (Å²) in [6.45, 7) is 4.17. The first-order valence-corrected chi connectivity index (χ1v) is 9.07. The summed E-state index contributed by atoms with van der Waals surface area (Å²) in [6, 6.07) is 14.6. The number of allylic oxidation sites excluding steroid dienone is 1. The number of benzene rings is 2. The molecule has 0 bridgehead atoms. The Kier molecular flexibility index (Phi) is 5.79. The summed E-state index contributed by atoms with van der Waals surface area (Å²) in [5, 5.41) is 17.7. The van der Waals surface area contributed by atoms with Crippen molar-refractivity contribution in [3.8, 4) is 17.5 Å². The lowest BCUT2D eigenvalue weighted by molar-refractivity contribution is 0.102. The number of aromatic nitrogens is 3.